The topological polar surface area (TPSA) is 256 Å². The van der Waals surface area contributed by atoms with Crippen LogP contribution in [0.5, 0.6) is 0 Å². The lowest BCUT2D eigenvalue weighted by atomic mass is 10.1. The van der Waals surface area contributed by atoms with Gasteiger partial charge in [0.2, 0.25) is 5.79 Å². The van der Waals surface area contributed by atoms with E-state index >= 15 is 0 Å². The van der Waals surface area contributed by atoms with Gasteiger partial charge in [0, 0.05) is 0 Å². The van der Waals surface area contributed by atoms with Crippen LogP contribution in [0.15, 0.2) is 34.9 Å². The Morgan fingerprint density at radius 1 is 0.895 bits per heavy atom. The second-order valence-electron chi connectivity index (χ2n) is 8.87. The van der Waals surface area contributed by atoms with Gasteiger partial charge in [-0.1, -0.05) is 0 Å². The Labute approximate surface area is 209 Å². The fraction of sp³-hybridized carbons (Fsp3) is 0.500. The SMILES string of the molecule is O=c1[nH]cnc2c1ncn2[C@@H]1O[C@H](CO[C@@]2(O)[C@H](O)[C@@H](CO)O[C@H]2n2cnc3c(=O)[nH]cnc32)[C@@H](O)[C@H]1O. The van der Waals surface area contributed by atoms with Crippen LogP contribution in [0, 0.1) is 0 Å². The first kappa shape index (κ1) is 24.7. The lowest BCUT2D eigenvalue weighted by molar-refractivity contribution is -0.287. The van der Waals surface area contributed by atoms with Crippen LogP contribution in [-0.2, 0) is 14.2 Å². The molecule has 0 amide bonds. The van der Waals surface area contributed by atoms with E-state index in [-0.39, 0.29) is 22.3 Å². The van der Waals surface area contributed by atoms with Crippen LogP contribution in [-0.4, -0.2) is 114 Å². The number of ether oxygens (including phenoxy) is 3. The van der Waals surface area contributed by atoms with E-state index in [1.807, 2.05) is 0 Å². The van der Waals surface area contributed by atoms with E-state index < -0.39 is 73.1 Å². The Kier molecular flexibility index (Phi) is 5.85. The van der Waals surface area contributed by atoms with Crippen LogP contribution in [0.4, 0.5) is 0 Å². The normalized spacial score (nSPS) is 33.6. The summed E-state index contributed by atoms with van der Waals surface area (Å²) in [7, 11) is 0. The molecule has 2 saturated heterocycles. The smallest absolute Gasteiger partial charge is 0.278 e. The zero-order valence-corrected chi connectivity index (χ0v) is 19.2. The molecule has 0 bridgehead atoms. The summed E-state index contributed by atoms with van der Waals surface area (Å²) in [5, 5.41) is 53.1. The van der Waals surface area contributed by atoms with Crippen LogP contribution in [0.2, 0.25) is 0 Å². The molecule has 6 heterocycles. The summed E-state index contributed by atoms with van der Waals surface area (Å²) < 4.78 is 19.5. The van der Waals surface area contributed by atoms with Crippen molar-refractivity contribution in [2.45, 2.75) is 48.8 Å². The van der Waals surface area contributed by atoms with Gasteiger partial charge >= 0.3 is 0 Å². The third kappa shape index (κ3) is 3.58. The Bertz CT molecular complexity index is 1600. The van der Waals surface area contributed by atoms with E-state index in [0.717, 1.165) is 23.5 Å². The number of aliphatic hydroxyl groups is 5. The molecule has 0 aromatic carbocycles. The molecule has 202 valence electrons. The van der Waals surface area contributed by atoms with Gasteiger partial charge in [-0.3, -0.25) is 18.7 Å². The van der Waals surface area contributed by atoms with Gasteiger partial charge in [0.05, 0.1) is 38.5 Å². The maximum Gasteiger partial charge on any atom is 0.278 e. The Morgan fingerprint density at radius 3 is 2.13 bits per heavy atom. The van der Waals surface area contributed by atoms with Crippen molar-refractivity contribution in [2.75, 3.05) is 13.2 Å². The highest BCUT2D eigenvalue weighted by Gasteiger charge is 2.59. The number of aromatic amines is 2. The first-order valence-electron chi connectivity index (χ1n) is 11.4. The number of nitrogens with zero attached hydrogens (tertiary/aromatic N) is 6. The minimum Gasteiger partial charge on any atom is -0.394 e. The average molecular weight is 534 g/mol. The number of fused-ring (bicyclic) bond motifs is 2. The first-order chi connectivity index (χ1) is 18.2. The van der Waals surface area contributed by atoms with E-state index in [0.29, 0.717) is 0 Å². The maximum absolute atomic E-state index is 12.1. The Hall–Kier alpha value is -3.62. The van der Waals surface area contributed by atoms with Crippen LogP contribution in [0.1, 0.15) is 12.5 Å². The lowest BCUT2D eigenvalue weighted by Gasteiger charge is -2.32. The number of nitrogens with one attached hydrogen (secondary N) is 2. The molecular weight excluding hydrogens is 512 g/mol. The fourth-order valence-corrected chi connectivity index (χ4v) is 4.71. The van der Waals surface area contributed by atoms with Gasteiger partial charge in [0.15, 0.2) is 34.8 Å². The van der Waals surface area contributed by atoms with Gasteiger partial charge in [0.1, 0.15) is 30.5 Å². The molecule has 8 atom stereocenters. The molecule has 0 unspecified atom stereocenters. The minimum absolute atomic E-state index is 0.00378. The lowest BCUT2D eigenvalue weighted by Crippen LogP contribution is -2.51. The van der Waals surface area contributed by atoms with Gasteiger partial charge in [-0.2, -0.15) is 0 Å². The van der Waals surface area contributed by atoms with E-state index in [2.05, 4.69) is 29.9 Å². The van der Waals surface area contributed by atoms with E-state index in [4.69, 9.17) is 14.2 Å². The molecule has 2 aliphatic rings. The van der Waals surface area contributed by atoms with Gasteiger partial charge in [0.25, 0.3) is 11.1 Å². The number of hydrogen-bond donors (Lipinski definition) is 7. The molecule has 38 heavy (non-hydrogen) atoms. The average Bonchev–Trinajstić information content (AvgIpc) is 3.65. The van der Waals surface area contributed by atoms with Crippen LogP contribution >= 0.6 is 0 Å². The number of imidazole rings is 2. The maximum atomic E-state index is 12.1. The summed E-state index contributed by atoms with van der Waals surface area (Å²) in [6.45, 7) is -1.26. The molecule has 4 aromatic rings. The highest BCUT2D eigenvalue weighted by Crippen LogP contribution is 2.41. The third-order valence-corrected chi connectivity index (χ3v) is 6.69. The zero-order chi connectivity index (χ0) is 26.8. The predicted molar refractivity (Wildman–Crippen MR) is 120 cm³/mol. The van der Waals surface area contributed by atoms with Crippen molar-refractivity contribution in [2.24, 2.45) is 0 Å². The van der Waals surface area contributed by atoms with Crippen LogP contribution in [0.25, 0.3) is 22.3 Å². The van der Waals surface area contributed by atoms with Crippen LogP contribution in [0.3, 0.4) is 0 Å². The summed E-state index contributed by atoms with van der Waals surface area (Å²) in [5.74, 6) is -2.53. The Morgan fingerprint density at radius 2 is 1.50 bits per heavy atom. The van der Waals surface area contributed by atoms with Crippen molar-refractivity contribution >= 4 is 22.3 Å². The molecule has 2 fully saturated rings. The molecule has 0 saturated carbocycles. The molecule has 0 spiro atoms. The van der Waals surface area contributed by atoms with Crippen molar-refractivity contribution in [1.82, 2.24) is 39.0 Å². The third-order valence-electron chi connectivity index (χ3n) is 6.69. The monoisotopic (exact) mass is 534 g/mol. The van der Waals surface area contributed by atoms with Crippen molar-refractivity contribution < 1.29 is 39.7 Å². The van der Waals surface area contributed by atoms with Gasteiger partial charge in [-0.05, 0) is 0 Å². The van der Waals surface area contributed by atoms with Crippen molar-refractivity contribution in [1.29, 1.82) is 0 Å². The van der Waals surface area contributed by atoms with E-state index in [1.54, 1.807) is 0 Å². The van der Waals surface area contributed by atoms with Gasteiger partial charge in [-0.15, -0.1) is 0 Å². The predicted octanol–water partition coefficient (Wildman–Crippen LogP) is -4.17. The van der Waals surface area contributed by atoms with Crippen molar-refractivity contribution in [3.05, 3.63) is 46.0 Å². The number of hydrogen-bond acceptors (Lipinski definition) is 14. The summed E-state index contributed by atoms with van der Waals surface area (Å²) in [6.07, 6.45) is -5.45. The molecular formula is C20H22N8O10. The molecule has 18 nitrogen and oxygen atoms in total. The largest absolute Gasteiger partial charge is 0.394 e. The molecule has 0 radical (unpaired) electrons. The zero-order valence-electron chi connectivity index (χ0n) is 19.2. The molecule has 6 rings (SSSR count). The number of aliphatic hydroxyl groups excluding tert-OH is 4. The molecule has 0 aliphatic carbocycles. The molecule has 18 heteroatoms. The molecule has 4 aromatic heterocycles. The quantitative estimate of drug-likeness (QED) is 0.116. The summed E-state index contributed by atoms with van der Waals surface area (Å²) in [6, 6.07) is 0. The number of rotatable bonds is 6. The van der Waals surface area contributed by atoms with Crippen LogP contribution < -0.4 is 11.1 Å². The molecule has 7 N–H and O–H groups in total. The van der Waals surface area contributed by atoms with Crippen molar-refractivity contribution in [3.8, 4) is 0 Å². The van der Waals surface area contributed by atoms with E-state index in [9.17, 15) is 35.1 Å². The Balaban J connectivity index is 1.27. The summed E-state index contributed by atoms with van der Waals surface area (Å²) in [4.78, 5) is 44.8. The van der Waals surface area contributed by atoms with Gasteiger partial charge < -0.3 is 49.7 Å². The highest BCUT2D eigenvalue weighted by atomic mass is 16.7. The number of aromatic nitrogens is 8. The minimum atomic E-state index is -2.53. The van der Waals surface area contributed by atoms with E-state index in [1.165, 1.54) is 10.9 Å². The highest BCUT2D eigenvalue weighted by molar-refractivity contribution is 5.69. The van der Waals surface area contributed by atoms with Gasteiger partial charge in [-0.25, -0.2) is 19.9 Å². The summed E-state index contributed by atoms with van der Waals surface area (Å²) in [5.41, 5.74) is -1.02. The molecule has 2 aliphatic heterocycles. The second-order valence-corrected chi connectivity index (χ2v) is 8.87. The second kappa shape index (κ2) is 8.99. The summed E-state index contributed by atoms with van der Waals surface area (Å²) >= 11 is 0. The number of H-pyrrole nitrogens is 2. The fourth-order valence-electron chi connectivity index (χ4n) is 4.71. The standard InChI is InChI=1S/C20H22N8O10/c29-1-7-13(32)20(35,19(38-7)28-6-26-10-15(28)22-4-24-17(10)34)36-2-8-11(30)12(31)18(37-8)27-5-25-9-14(27)21-3-23-16(9)33/h3-8,11-13,18-19,29-32,35H,1-2H2,(H,21,23,33)(H,22,24,34)/t7-,8-,11-,12-,13-,18-,19-,20+/m1/s1. The van der Waals surface area contributed by atoms with Crippen molar-refractivity contribution in [3.63, 3.8) is 0 Å². The first-order valence-corrected chi connectivity index (χ1v) is 11.4.